The highest BCUT2D eigenvalue weighted by molar-refractivity contribution is 5.73. The fourth-order valence-corrected chi connectivity index (χ4v) is 1.38. The van der Waals surface area contributed by atoms with Crippen molar-refractivity contribution in [3.63, 3.8) is 0 Å². The third kappa shape index (κ3) is 2.19. The largest absolute Gasteiger partial charge is 0.338 e. The maximum Gasteiger partial charge on any atom is 0.219 e. The van der Waals surface area contributed by atoms with Gasteiger partial charge in [-0.1, -0.05) is 0 Å². The predicted octanol–water partition coefficient (Wildman–Crippen LogP) is 0.378. The zero-order valence-electron chi connectivity index (χ0n) is 6.97. The van der Waals surface area contributed by atoms with Crippen LogP contribution in [0.2, 0.25) is 0 Å². The predicted molar refractivity (Wildman–Crippen MR) is 43.8 cm³/mol. The number of rotatable bonds is 1. The van der Waals surface area contributed by atoms with Gasteiger partial charge in [0.1, 0.15) is 0 Å². The van der Waals surface area contributed by atoms with E-state index in [1.54, 1.807) is 11.8 Å². The molecule has 0 saturated carbocycles. The van der Waals surface area contributed by atoms with E-state index in [9.17, 15) is 4.79 Å². The highest BCUT2D eigenvalue weighted by atomic mass is 16.2. The molecule has 3 heteroatoms. The van der Waals surface area contributed by atoms with Crippen LogP contribution in [0.15, 0.2) is 0 Å². The molecule has 3 nitrogen and oxygen atoms in total. The first kappa shape index (κ1) is 8.53. The van der Waals surface area contributed by atoms with Gasteiger partial charge in [-0.2, -0.15) is 0 Å². The maximum atomic E-state index is 10.9. The number of carbonyl (C=O) groups excluding carboxylic acids is 1. The van der Waals surface area contributed by atoms with Gasteiger partial charge in [0.05, 0.1) is 0 Å². The number of piperidine rings is 1. The summed E-state index contributed by atoms with van der Waals surface area (Å²) in [5.74, 6) is 0.0666. The van der Waals surface area contributed by atoms with Gasteiger partial charge in [-0.05, 0) is 25.9 Å². The van der Waals surface area contributed by atoms with Crippen molar-refractivity contribution >= 4 is 5.91 Å². The number of nitrogens with one attached hydrogen (secondary N) is 1. The van der Waals surface area contributed by atoms with E-state index in [0.717, 1.165) is 25.9 Å². The van der Waals surface area contributed by atoms with Gasteiger partial charge < -0.3 is 10.2 Å². The first-order chi connectivity index (χ1) is 5.22. The van der Waals surface area contributed by atoms with Gasteiger partial charge in [-0.15, -0.1) is 0 Å². The van der Waals surface area contributed by atoms with Gasteiger partial charge in [0.25, 0.3) is 0 Å². The molecule has 1 rings (SSSR count). The lowest BCUT2D eigenvalue weighted by Crippen LogP contribution is -2.41. The summed E-state index contributed by atoms with van der Waals surface area (Å²) in [5.41, 5.74) is 0. The van der Waals surface area contributed by atoms with Crippen LogP contribution in [0.1, 0.15) is 19.8 Å². The van der Waals surface area contributed by atoms with E-state index in [1.807, 2.05) is 0 Å². The van der Waals surface area contributed by atoms with E-state index in [-0.39, 0.29) is 5.91 Å². The second-order valence-electron chi connectivity index (χ2n) is 2.97. The average molecular weight is 155 g/mol. The summed E-state index contributed by atoms with van der Waals surface area (Å²) in [6.07, 6.45) is 2.06. The molecular formula is C8H15N2O. The molecule has 0 aliphatic carbocycles. The summed E-state index contributed by atoms with van der Waals surface area (Å²) in [5, 5.41) is 3.24. The number of carbonyl (C=O) groups is 1. The summed E-state index contributed by atoms with van der Waals surface area (Å²) < 4.78 is 0. The molecule has 0 aromatic heterocycles. The minimum atomic E-state index is 0.0666. The fraction of sp³-hybridized carbons (Fsp3) is 0.750. The molecule has 63 valence electrons. The van der Waals surface area contributed by atoms with Crippen molar-refractivity contribution in [3.05, 3.63) is 7.05 Å². The first-order valence-electron chi connectivity index (χ1n) is 4.03. The second-order valence-corrected chi connectivity index (χ2v) is 2.97. The van der Waals surface area contributed by atoms with Gasteiger partial charge in [0.15, 0.2) is 0 Å². The molecule has 0 bridgehead atoms. The molecule has 1 aliphatic heterocycles. The van der Waals surface area contributed by atoms with Crippen molar-refractivity contribution in [3.8, 4) is 0 Å². The van der Waals surface area contributed by atoms with Crippen molar-refractivity contribution in [1.29, 1.82) is 0 Å². The Morgan fingerprint density at radius 3 is 2.55 bits per heavy atom. The van der Waals surface area contributed by atoms with E-state index in [1.165, 1.54) is 0 Å². The Hall–Kier alpha value is -0.570. The number of hydrogen-bond donors (Lipinski definition) is 1. The van der Waals surface area contributed by atoms with Crippen LogP contribution in [-0.4, -0.2) is 29.9 Å². The smallest absolute Gasteiger partial charge is 0.219 e. The first-order valence-corrected chi connectivity index (χ1v) is 4.03. The number of amides is 1. The van der Waals surface area contributed by atoms with E-state index in [2.05, 4.69) is 12.4 Å². The van der Waals surface area contributed by atoms with Gasteiger partial charge in [-0.25, -0.2) is 0 Å². The quantitative estimate of drug-likeness (QED) is 0.593. The molecular weight excluding hydrogens is 140 g/mol. The van der Waals surface area contributed by atoms with E-state index in [4.69, 9.17) is 0 Å². The lowest BCUT2D eigenvalue weighted by Gasteiger charge is -2.30. The Morgan fingerprint density at radius 1 is 1.55 bits per heavy atom. The van der Waals surface area contributed by atoms with E-state index < -0.39 is 0 Å². The fourth-order valence-electron chi connectivity index (χ4n) is 1.38. The third-order valence-corrected chi connectivity index (χ3v) is 2.15. The molecule has 0 atom stereocenters. The van der Waals surface area contributed by atoms with Gasteiger partial charge in [0.2, 0.25) is 5.91 Å². The zero-order valence-corrected chi connectivity index (χ0v) is 6.97. The van der Waals surface area contributed by atoms with Crippen molar-refractivity contribution < 1.29 is 4.79 Å². The van der Waals surface area contributed by atoms with Crippen LogP contribution in [0.5, 0.6) is 0 Å². The molecule has 1 aliphatic rings. The zero-order chi connectivity index (χ0) is 8.27. The maximum absolute atomic E-state index is 10.9. The molecule has 1 N–H and O–H groups in total. The summed E-state index contributed by atoms with van der Waals surface area (Å²) >= 11 is 0. The standard InChI is InChI=1S/C8H15N2O/c1-7(11)10(2)8-3-5-9-6-4-8/h8-9H,2-6H2,1H3. The summed E-state index contributed by atoms with van der Waals surface area (Å²) in [6.45, 7) is 3.57. The lowest BCUT2D eigenvalue weighted by atomic mass is 10.1. The molecule has 1 heterocycles. The van der Waals surface area contributed by atoms with Crippen LogP contribution < -0.4 is 5.32 Å². The summed E-state index contributed by atoms with van der Waals surface area (Å²) in [4.78, 5) is 12.5. The van der Waals surface area contributed by atoms with Gasteiger partial charge >= 0.3 is 0 Å². The molecule has 1 saturated heterocycles. The van der Waals surface area contributed by atoms with Crippen molar-refractivity contribution in [1.82, 2.24) is 10.2 Å². The molecule has 0 spiro atoms. The van der Waals surface area contributed by atoms with Crippen molar-refractivity contribution in [2.75, 3.05) is 13.1 Å². The SMILES string of the molecule is [CH2]N(C(C)=O)C1CCNCC1. The Bertz CT molecular complexity index is 141. The third-order valence-electron chi connectivity index (χ3n) is 2.15. The number of nitrogens with zero attached hydrogens (tertiary/aromatic N) is 1. The van der Waals surface area contributed by atoms with Crippen LogP contribution in [-0.2, 0) is 4.79 Å². The van der Waals surface area contributed by atoms with Crippen LogP contribution >= 0.6 is 0 Å². The highest BCUT2D eigenvalue weighted by Gasteiger charge is 2.18. The molecule has 0 aromatic carbocycles. The molecule has 1 amide bonds. The van der Waals surface area contributed by atoms with E-state index >= 15 is 0 Å². The Labute approximate surface area is 67.8 Å². The molecule has 1 fully saturated rings. The Morgan fingerprint density at radius 2 is 2.09 bits per heavy atom. The summed E-state index contributed by atoms with van der Waals surface area (Å²) in [6, 6.07) is 0.355. The molecule has 11 heavy (non-hydrogen) atoms. The van der Waals surface area contributed by atoms with Crippen molar-refractivity contribution in [2.24, 2.45) is 0 Å². The molecule has 0 unspecified atom stereocenters. The van der Waals surface area contributed by atoms with Gasteiger partial charge in [0, 0.05) is 20.0 Å². The Kier molecular flexibility index (Phi) is 2.88. The van der Waals surface area contributed by atoms with Crippen LogP contribution in [0.3, 0.4) is 0 Å². The average Bonchev–Trinajstić information content (AvgIpc) is 2.05. The summed E-state index contributed by atoms with van der Waals surface area (Å²) in [7, 11) is 3.72. The Balaban J connectivity index is 2.38. The minimum Gasteiger partial charge on any atom is -0.338 e. The van der Waals surface area contributed by atoms with Crippen LogP contribution in [0, 0.1) is 7.05 Å². The number of hydrogen-bond acceptors (Lipinski definition) is 2. The second kappa shape index (κ2) is 3.72. The van der Waals surface area contributed by atoms with Crippen molar-refractivity contribution in [2.45, 2.75) is 25.8 Å². The lowest BCUT2D eigenvalue weighted by molar-refractivity contribution is -0.128. The molecule has 0 aromatic rings. The van der Waals surface area contributed by atoms with E-state index in [0.29, 0.717) is 6.04 Å². The normalized spacial score (nSPS) is 19.8. The highest BCUT2D eigenvalue weighted by Crippen LogP contribution is 2.10. The molecule has 1 radical (unpaired) electrons. The monoisotopic (exact) mass is 155 g/mol. The van der Waals surface area contributed by atoms with Crippen LogP contribution in [0.4, 0.5) is 0 Å². The van der Waals surface area contributed by atoms with Gasteiger partial charge in [-0.3, -0.25) is 4.79 Å². The topological polar surface area (TPSA) is 32.3 Å². The van der Waals surface area contributed by atoms with Crippen LogP contribution in [0.25, 0.3) is 0 Å². The minimum absolute atomic E-state index is 0.0666.